The highest BCUT2D eigenvalue weighted by molar-refractivity contribution is 5.97. The highest BCUT2D eigenvalue weighted by Crippen LogP contribution is 2.35. The van der Waals surface area contributed by atoms with Crippen LogP contribution in [0.25, 0.3) is 0 Å². The van der Waals surface area contributed by atoms with Crippen LogP contribution in [0.15, 0.2) is 54.6 Å². The Morgan fingerprint density at radius 3 is 2.61 bits per heavy atom. The van der Waals surface area contributed by atoms with Crippen LogP contribution in [0.5, 0.6) is 0 Å². The van der Waals surface area contributed by atoms with Crippen molar-refractivity contribution in [2.75, 3.05) is 36.4 Å². The molecule has 1 spiro atoms. The SMILES string of the molecule is CC1OC2(CCN(CCc3cccc(NC(N)=O)c3)CC2)CN(c2ccccc2)C1=O. The molecular formula is C24H30N4O3. The molecule has 3 N–H and O–H groups in total. The van der Waals surface area contributed by atoms with Crippen LogP contribution in [0.4, 0.5) is 16.2 Å². The largest absolute Gasteiger partial charge is 0.360 e. The van der Waals surface area contributed by atoms with Crippen molar-refractivity contribution in [1.29, 1.82) is 0 Å². The van der Waals surface area contributed by atoms with Crippen molar-refractivity contribution in [3.05, 3.63) is 60.2 Å². The zero-order valence-corrected chi connectivity index (χ0v) is 17.9. The maximum Gasteiger partial charge on any atom is 0.316 e. The van der Waals surface area contributed by atoms with Gasteiger partial charge in [-0.3, -0.25) is 4.79 Å². The number of carbonyl (C=O) groups excluding carboxylic acids is 2. The van der Waals surface area contributed by atoms with E-state index < -0.39 is 12.1 Å². The summed E-state index contributed by atoms with van der Waals surface area (Å²) < 4.78 is 6.27. The first-order chi connectivity index (χ1) is 14.9. The molecule has 0 radical (unpaired) electrons. The molecule has 1 unspecified atom stereocenters. The Bertz CT molecular complexity index is 925. The number of primary amides is 1. The maximum atomic E-state index is 12.7. The van der Waals surface area contributed by atoms with E-state index >= 15 is 0 Å². The summed E-state index contributed by atoms with van der Waals surface area (Å²) in [5.41, 5.74) is 7.74. The van der Waals surface area contributed by atoms with E-state index in [-0.39, 0.29) is 11.5 Å². The molecule has 2 aliphatic heterocycles. The lowest BCUT2D eigenvalue weighted by Gasteiger charge is -2.49. The highest BCUT2D eigenvalue weighted by atomic mass is 16.5. The van der Waals surface area contributed by atoms with Gasteiger partial charge in [0.05, 0.1) is 12.1 Å². The Morgan fingerprint density at radius 2 is 1.90 bits per heavy atom. The molecule has 2 fully saturated rings. The number of para-hydroxylation sites is 1. The summed E-state index contributed by atoms with van der Waals surface area (Å²) in [5.74, 6) is 0.0312. The monoisotopic (exact) mass is 422 g/mol. The van der Waals surface area contributed by atoms with Crippen molar-refractivity contribution in [1.82, 2.24) is 4.90 Å². The smallest absolute Gasteiger partial charge is 0.316 e. The van der Waals surface area contributed by atoms with E-state index in [0.29, 0.717) is 6.54 Å². The fourth-order valence-corrected chi connectivity index (χ4v) is 4.57. The zero-order valence-electron chi connectivity index (χ0n) is 17.9. The van der Waals surface area contributed by atoms with Crippen molar-refractivity contribution in [3.8, 4) is 0 Å². The van der Waals surface area contributed by atoms with E-state index in [1.807, 2.05) is 60.4 Å². The van der Waals surface area contributed by atoms with Crippen LogP contribution in [0.3, 0.4) is 0 Å². The van der Waals surface area contributed by atoms with Gasteiger partial charge in [-0.05, 0) is 56.0 Å². The number of hydrogen-bond acceptors (Lipinski definition) is 4. The van der Waals surface area contributed by atoms with Crippen LogP contribution >= 0.6 is 0 Å². The fourth-order valence-electron chi connectivity index (χ4n) is 4.57. The first-order valence-corrected chi connectivity index (χ1v) is 10.9. The summed E-state index contributed by atoms with van der Waals surface area (Å²) in [6.07, 6.45) is 2.27. The van der Waals surface area contributed by atoms with Crippen molar-refractivity contribution in [2.45, 2.75) is 37.9 Å². The molecule has 2 heterocycles. The van der Waals surface area contributed by atoms with E-state index in [9.17, 15) is 9.59 Å². The van der Waals surface area contributed by atoms with Gasteiger partial charge in [0.2, 0.25) is 0 Å². The maximum absolute atomic E-state index is 12.7. The molecule has 0 aromatic heterocycles. The predicted octanol–water partition coefficient (Wildman–Crippen LogP) is 3.01. The van der Waals surface area contributed by atoms with Gasteiger partial charge in [0.1, 0.15) is 6.10 Å². The molecule has 7 heteroatoms. The number of hydrogen-bond donors (Lipinski definition) is 2. The molecule has 0 bridgehead atoms. The fraction of sp³-hybridized carbons (Fsp3) is 0.417. The van der Waals surface area contributed by atoms with Crippen LogP contribution in [0, 0.1) is 0 Å². The number of amides is 3. The van der Waals surface area contributed by atoms with E-state index in [1.165, 1.54) is 0 Å². The van der Waals surface area contributed by atoms with Crippen LogP contribution in [-0.4, -0.2) is 54.7 Å². The average Bonchev–Trinajstić information content (AvgIpc) is 2.76. The minimum absolute atomic E-state index is 0.0312. The molecule has 164 valence electrons. The second-order valence-corrected chi connectivity index (χ2v) is 8.48. The summed E-state index contributed by atoms with van der Waals surface area (Å²) in [7, 11) is 0. The second kappa shape index (κ2) is 9.08. The Balaban J connectivity index is 1.34. The van der Waals surface area contributed by atoms with E-state index in [1.54, 1.807) is 0 Å². The number of urea groups is 1. The number of morpholine rings is 1. The van der Waals surface area contributed by atoms with Gasteiger partial charge in [0.15, 0.2) is 0 Å². The Hall–Kier alpha value is -2.90. The van der Waals surface area contributed by atoms with Crippen molar-refractivity contribution < 1.29 is 14.3 Å². The summed E-state index contributed by atoms with van der Waals surface area (Å²) >= 11 is 0. The van der Waals surface area contributed by atoms with Gasteiger partial charge in [-0.15, -0.1) is 0 Å². The molecule has 31 heavy (non-hydrogen) atoms. The van der Waals surface area contributed by atoms with Crippen molar-refractivity contribution in [3.63, 3.8) is 0 Å². The quantitative estimate of drug-likeness (QED) is 0.775. The number of nitrogens with one attached hydrogen (secondary N) is 1. The predicted molar refractivity (Wildman–Crippen MR) is 121 cm³/mol. The lowest BCUT2D eigenvalue weighted by Crippen LogP contribution is -2.61. The third-order valence-electron chi connectivity index (χ3n) is 6.23. The number of anilines is 2. The van der Waals surface area contributed by atoms with Crippen LogP contribution in [0.2, 0.25) is 0 Å². The highest BCUT2D eigenvalue weighted by Gasteiger charge is 2.45. The molecule has 2 aromatic carbocycles. The van der Waals surface area contributed by atoms with Crippen LogP contribution in [-0.2, 0) is 16.0 Å². The number of nitrogens with zero attached hydrogens (tertiary/aromatic N) is 2. The van der Waals surface area contributed by atoms with Gasteiger partial charge in [-0.2, -0.15) is 0 Å². The second-order valence-electron chi connectivity index (χ2n) is 8.48. The molecule has 3 amide bonds. The van der Waals surface area contributed by atoms with Gasteiger partial charge in [-0.1, -0.05) is 30.3 Å². The summed E-state index contributed by atoms with van der Waals surface area (Å²) in [6, 6.07) is 17.1. The van der Waals surface area contributed by atoms with Gasteiger partial charge in [-0.25, -0.2) is 4.79 Å². The number of rotatable bonds is 5. The molecule has 4 rings (SSSR count). The van der Waals surface area contributed by atoms with Crippen LogP contribution < -0.4 is 16.0 Å². The average molecular weight is 423 g/mol. The molecule has 2 saturated heterocycles. The topological polar surface area (TPSA) is 87.9 Å². The molecule has 0 saturated carbocycles. The Morgan fingerprint density at radius 1 is 1.16 bits per heavy atom. The third kappa shape index (κ3) is 5.06. The first-order valence-electron chi connectivity index (χ1n) is 10.9. The van der Waals surface area contributed by atoms with Crippen molar-refractivity contribution >= 4 is 23.3 Å². The van der Waals surface area contributed by atoms with Crippen molar-refractivity contribution in [2.24, 2.45) is 5.73 Å². The standard InChI is InChI=1S/C24H30N4O3/c1-18-22(29)28(21-8-3-2-4-9-21)17-24(31-18)11-14-27(15-12-24)13-10-19-6-5-7-20(16-19)26-23(25)30/h2-9,16,18H,10-15,17H2,1H3,(H3,25,26,30). The molecule has 2 aromatic rings. The summed E-state index contributed by atoms with van der Waals surface area (Å²) in [4.78, 5) is 28.1. The first kappa shape index (κ1) is 21.3. The van der Waals surface area contributed by atoms with Gasteiger partial charge >= 0.3 is 6.03 Å². The number of carbonyl (C=O) groups is 2. The van der Waals surface area contributed by atoms with Gasteiger partial charge in [0, 0.05) is 31.0 Å². The number of likely N-dealkylation sites (tertiary alicyclic amines) is 1. The molecular weight excluding hydrogens is 392 g/mol. The lowest BCUT2D eigenvalue weighted by molar-refractivity contribution is -0.161. The summed E-state index contributed by atoms with van der Waals surface area (Å²) in [5, 5.41) is 2.62. The minimum Gasteiger partial charge on any atom is -0.360 e. The number of ether oxygens (including phenoxy) is 1. The number of nitrogens with two attached hydrogens (primary N) is 1. The Labute approximate surface area is 183 Å². The van der Waals surface area contributed by atoms with E-state index in [0.717, 1.165) is 55.8 Å². The molecule has 7 nitrogen and oxygen atoms in total. The molecule has 0 aliphatic carbocycles. The minimum atomic E-state index is -0.553. The Kier molecular flexibility index (Phi) is 6.25. The lowest BCUT2D eigenvalue weighted by atomic mass is 9.88. The molecule has 2 aliphatic rings. The normalized spacial score (nSPS) is 21.3. The number of piperidine rings is 1. The zero-order chi connectivity index (χ0) is 21.8. The van der Waals surface area contributed by atoms with E-state index in [4.69, 9.17) is 10.5 Å². The van der Waals surface area contributed by atoms with Crippen LogP contribution in [0.1, 0.15) is 25.3 Å². The number of benzene rings is 2. The summed E-state index contributed by atoms with van der Waals surface area (Å²) in [6.45, 7) is 5.27. The van der Waals surface area contributed by atoms with Gasteiger partial charge < -0.3 is 25.6 Å². The van der Waals surface area contributed by atoms with Gasteiger partial charge in [0.25, 0.3) is 5.91 Å². The molecule has 1 atom stereocenters. The third-order valence-corrected chi connectivity index (χ3v) is 6.23. The van der Waals surface area contributed by atoms with E-state index in [2.05, 4.69) is 16.3 Å².